The fourth-order valence-corrected chi connectivity index (χ4v) is 20.5. The maximum Gasteiger partial charge on any atom is 0.255 e. The molecule has 0 saturated heterocycles. The van der Waals surface area contributed by atoms with Gasteiger partial charge in [0.25, 0.3) is 11.8 Å². The van der Waals surface area contributed by atoms with Gasteiger partial charge < -0.3 is 52.3 Å². The van der Waals surface area contributed by atoms with Gasteiger partial charge in [-0.25, -0.2) is 0 Å². The summed E-state index contributed by atoms with van der Waals surface area (Å²) in [6, 6.07) is 3.63. The van der Waals surface area contributed by atoms with Crippen molar-refractivity contribution in [2.24, 2.45) is 35.1 Å². The fraction of sp³-hybridized carbons (Fsp3) is 0.289. The van der Waals surface area contributed by atoms with Gasteiger partial charge in [0.15, 0.2) is 22.8 Å². The van der Waals surface area contributed by atoms with Gasteiger partial charge in [0.1, 0.15) is 45.7 Å². The minimum Gasteiger partial charge on any atom is -0.508 e. The molecule has 2 aromatic carbocycles. The zero-order valence-corrected chi connectivity index (χ0v) is 84.9. The van der Waals surface area contributed by atoms with E-state index in [-0.39, 0.29) is 59.5 Å². The van der Waals surface area contributed by atoms with E-state index >= 15 is 0 Å². The lowest BCUT2D eigenvalue weighted by Gasteiger charge is -2.47. The molecule has 0 bridgehead atoms. The number of aryl methyl sites for hydroxylation is 2. The minimum absolute atomic E-state index is 0.0911. The molecule has 2 saturated carbocycles. The second-order valence-electron chi connectivity index (χ2n) is 36.2. The molecule has 53 radical (unpaired) electrons. The molecule has 0 aliphatic heterocycles. The molecule has 16 nitrogen and oxygen atoms in total. The first-order chi connectivity index (χ1) is 70.2. The predicted octanol–water partition coefficient (Wildman–Crippen LogP) is -7.74. The van der Waals surface area contributed by atoms with Gasteiger partial charge in [-0.2, -0.15) is 0 Å². The van der Waals surface area contributed by atoms with Crippen molar-refractivity contribution in [3.8, 4) is 35.7 Å². The van der Waals surface area contributed by atoms with E-state index in [2.05, 4.69) is 175 Å². The van der Waals surface area contributed by atoms with Gasteiger partial charge >= 0.3 is 0 Å². The van der Waals surface area contributed by atoms with E-state index in [1.165, 1.54) is 31.9 Å². The number of aliphatic hydroxyl groups is 6. The number of rotatable bonds is 25. The molecule has 8 aliphatic rings. The largest absolute Gasteiger partial charge is 0.508 e. The highest BCUT2D eigenvalue weighted by molar-refractivity contribution is 14.1. The third-order valence-electron chi connectivity index (χ3n) is 26.7. The Kier molecular flexibility index (Phi) is 54.5. The quantitative estimate of drug-likeness (QED) is 0.0145. The molecule has 6 atom stereocenters. The van der Waals surface area contributed by atoms with Crippen LogP contribution in [0.2, 0.25) is 0 Å². The summed E-state index contributed by atoms with van der Waals surface area (Å²) in [5.41, 5.74) is 66.3. The number of phenols is 2. The summed E-state index contributed by atoms with van der Waals surface area (Å²) < 4.78 is 0.510. The molecular formula is C83H63B49IN2O14. The van der Waals surface area contributed by atoms with Crippen LogP contribution in [0.5, 0.6) is 11.5 Å². The average molecular weight is 1970 g/mol. The average Bonchev–Trinajstić information content (AvgIpc) is 0.707. The smallest absolute Gasteiger partial charge is 0.255 e. The molecule has 10 rings (SSSR count). The summed E-state index contributed by atoms with van der Waals surface area (Å²) in [7, 11) is 154. The van der Waals surface area contributed by atoms with Crippen LogP contribution in [0.4, 0.5) is 0 Å². The van der Waals surface area contributed by atoms with Crippen LogP contribution in [0, 0.1) is 51.4 Å². The monoisotopic (exact) mass is 1980 g/mol. The number of aliphatic hydroxyl groups excluding tert-OH is 4. The summed E-state index contributed by atoms with van der Waals surface area (Å²) in [6.45, 7) is 10.5. The third-order valence-corrected chi connectivity index (χ3v) is 27.5. The van der Waals surface area contributed by atoms with E-state index in [1.807, 2.05) is 48.6 Å². The predicted molar refractivity (Wildman–Crippen MR) is 657 cm³/mol. The number of amides is 2. The first-order valence-electron chi connectivity index (χ1n) is 47.2. The number of terminal acetylenes is 1. The SMILES string of the molecule is C#CC1=CCCCC1.C=C=C=C=C=C=C=C=C=C=C=C=C=C=C=C=C=C=C=C=C=C=C=C=C.CCc1cc(C#CC2=CCCCC2)c(O)c2c1C[C@H]1C[C@H]3CC(=O)C(C(N)=O)=C(O)[C@@]3(O)C(=O)C1=C2O.CCc1cc(I)c(O)c2c1C[C@H]1C[C@H]3CC(=O)C(C(N)=O)=C(O)[C@@]3(O)C(=O)C1=C2O.[B]B([B])B([B])B(B([B])[B])B(B(B([B])[B])B([B])[B])B(B([B])[B])B([B])[B].[B][B]B(B([B])[B])B(B([B])[B])B(B(B([B])[B])B([B])[B])B(B([B])[B])B([B])[B]. The number of nitrogens with two attached hydrogens (primary N) is 2. The van der Waals surface area contributed by atoms with Gasteiger partial charge in [-0.05, 0) is 275 Å². The molecule has 0 aromatic heterocycles. The molecule has 0 spiro atoms. The maximum atomic E-state index is 13.7. The van der Waals surface area contributed by atoms with Crippen molar-refractivity contribution in [1.29, 1.82) is 0 Å². The van der Waals surface area contributed by atoms with Gasteiger partial charge in [0.05, 0.1) is 20.3 Å². The van der Waals surface area contributed by atoms with Crippen LogP contribution in [0.3, 0.4) is 0 Å². The number of carbonyl (C=O) groups is 6. The molecule has 8 aliphatic carbocycles. The normalized spacial score (nSPS) is 17.1. The van der Waals surface area contributed by atoms with Crippen molar-refractivity contribution in [2.45, 2.75) is 128 Å². The highest BCUT2D eigenvalue weighted by atomic mass is 127. The van der Waals surface area contributed by atoms with Crippen LogP contribution in [0.1, 0.15) is 130 Å². The Bertz CT molecular complexity index is 6510. The molecule has 2 fully saturated rings. The number of phenolic OH excluding ortho intramolecular Hbond substituents is 2. The number of primary amides is 2. The Morgan fingerprint density at radius 1 is 0.423 bits per heavy atom. The number of Topliss-reactive ketones (excluding diaryl/α,β-unsaturated/α-hetero) is 4. The Morgan fingerprint density at radius 3 is 1.00 bits per heavy atom. The van der Waals surface area contributed by atoms with E-state index in [9.17, 15) is 69.6 Å². The van der Waals surface area contributed by atoms with Crippen LogP contribution >= 0.6 is 22.6 Å². The van der Waals surface area contributed by atoms with Crippen molar-refractivity contribution in [3.05, 3.63) is 257 Å². The topological polar surface area (TPSA) is 316 Å². The zero-order valence-electron chi connectivity index (χ0n) is 82.8. The van der Waals surface area contributed by atoms with E-state index in [0.717, 1.165) is 54.4 Å². The number of hydrogen-bond donors (Lipinski definition) is 10. The number of benzene rings is 2. The van der Waals surface area contributed by atoms with Crippen molar-refractivity contribution < 1.29 is 69.6 Å². The van der Waals surface area contributed by atoms with Crippen molar-refractivity contribution in [2.75, 3.05) is 0 Å². The molecule has 0 heterocycles. The van der Waals surface area contributed by atoms with E-state index in [4.69, 9.17) is 219 Å². The second-order valence-corrected chi connectivity index (χ2v) is 37.4. The number of hydrogen-bond acceptors (Lipinski definition) is 14. The van der Waals surface area contributed by atoms with Gasteiger partial charge in [-0.1, -0.05) is 55.2 Å². The molecule has 2 amide bonds. The molecule has 149 heavy (non-hydrogen) atoms. The Labute approximate surface area is 934 Å². The number of fused-ring (bicyclic) bond motifs is 6. The van der Waals surface area contributed by atoms with Gasteiger partial charge in [-0.3, -0.25) is 28.8 Å². The Balaban J connectivity index is 0.000000324. The van der Waals surface area contributed by atoms with Gasteiger partial charge in [-0.15, -0.1) is 6.42 Å². The molecule has 0 unspecified atom stereocenters. The number of halogens is 1. The lowest BCUT2D eigenvalue weighted by molar-refractivity contribution is -0.149. The van der Waals surface area contributed by atoms with Crippen LogP contribution in [0.15, 0.2) is 214 Å². The molecular weight excluding hydrogens is 1910 g/mol. The lowest BCUT2D eigenvalue weighted by atomic mass is 8.35. The second kappa shape index (κ2) is 62.3. The van der Waals surface area contributed by atoms with Crippen molar-refractivity contribution >= 4 is 418 Å². The van der Waals surface area contributed by atoms with Crippen LogP contribution < -0.4 is 11.5 Å². The third kappa shape index (κ3) is 33.7. The van der Waals surface area contributed by atoms with Crippen molar-refractivity contribution in [3.63, 3.8) is 0 Å². The summed E-state index contributed by atoms with van der Waals surface area (Å²) >= 11 is 1.94. The molecule has 12 N–H and O–H groups in total. The number of allylic oxidation sites excluding steroid dienone is 4. The highest BCUT2D eigenvalue weighted by Gasteiger charge is 2.63. The van der Waals surface area contributed by atoms with Crippen molar-refractivity contribution in [1.82, 2.24) is 0 Å². The van der Waals surface area contributed by atoms with E-state index in [0.29, 0.717) is 40.4 Å². The zero-order chi connectivity index (χ0) is 112. The summed E-state index contributed by atoms with van der Waals surface area (Å²) in [4.78, 5) is 75.2. The lowest BCUT2D eigenvalue weighted by Crippen LogP contribution is -2.85. The van der Waals surface area contributed by atoms with Gasteiger partial charge in [0.2, 0.25) is 11.6 Å². The molecule has 66 heteroatoms. The number of aromatic hydroxyl groups is 2. The number of ketones is 4. The van der Waals surface area contributed by atoms with E-state index in [1.54, 1.807) is 0 Å². The maximum absolute atomic E-state index is 13.7. The number of carbonyl (C=O) groups excluding carboxylic acids is 6. The van der Waals surface area contributed by atoms with Gasteiger partial charge in [0, 0.05) is 413 Å². The first kappa shape index (κ1) is 130. The summed E-state index contributed by atoms with van der Waals surface area (Å²) in [5.74, 6) is -3.57. The molecule has 643 valence electrons. The molecule has 2 aromatic rings. The van der Waals surface area contributed by atoms with Crippen LogP contribution in [0.25, 0.3) is 11.5 Å². The first-order valence-corrected chi connectivity index (χ1v) is 48.2. The standard InChI is InChI=1S/C29H29NO7.C25H4.C21H20INO7.C8H10.B25.B24/c1-2-15-10-16(9-8-14-6-4-3-5-7-14)24(32)22-19(15)12-17-11-18-13-20(31)23(28(30)36)27(35)29(18,37)26(34)21(17)25(22)33;1-3-5-7-9-11-13-15-17-19-21-23-25-24-22-20-18-16-14-12-10-8-6-4-2;1-2-7-5-11(22)16(25)14-10(7)4-8-3-9-6-12(24)15(20(23)29)19(28)21(9,30)18(27)13(8)17(14)26;1-2-8-6-4-3-5-7-8;1-14-21(15(2)3)24(20(12)13)25(22(16(4)5)17(6)7)23(18(8)9)19(10)11;1-14(2)20(13)23(19(11)12)24(21(15(3)4)16(5)6)22(17(7)8)18(9)10/h6,10,17-18,32-33,35,37H,2-5,7,11-13H2,1H3,(H2,30,36);1-2H2;5,8-9,25-26,28,30H,2-4,6H2,1H3,(H2,23,29);1,6H,3-5,7H2;;/t17-,18+,29+;;8-,9+,21+;;;/m1.1.../s1. The Hall–Kier alpha value is -9.07. The minimum atomic E-state index is -2.57. The van der Waals surface area contributed by atoms with E-state index < -0.39 is 244 Å². The fourth-order valence-electron chi connectivity index (χ4n) is 19.9. The highest BCUT2D eigenvalue weighted by Crippen LogP contribution is 2.55. The summed E-state index contributed by atoms with van der Waals surface area (Å²) in [6.07, 6.45) is 1.12. The summed E-state index contributed by atoms with van der Waals surface area (Å²) in [5, 5.41) is 87.8. The van der Waals surface area contributed by atoms with Crippen LogP contribution in [-0.2, 0) is 54.5 Å². The Morgan fingerprint density at radius 2 is 0.732 bits per heavy atom. The van der Waals surface area contributed by atoms with Crippen LogP contribution in [-0.4, -0.2) is 436 Å².